The number of pyridine rings is 1. The third-order valence-electron chi connectivity index (χ3n) is 5.64. The van der Waals surface area contributed by atoms with E-state index in [-0.39, 0.29) is 11.3 Å². The van der Waals surface area contributed by atoms with Crippen molar-refractivity contribution in [2.24, 2.45) is 0 Å². The first-order valence-corrected chi connectivity index (χ1v) is 10.4. The topological polar surface area (TPSA) is 75.1 Å². The van der Waals surface area contributed by atoms with Gasteiger partial charge in [-0.2, -0.15) is 0 Å². The highest BCUT2D eigenvalue weighted by molar-refractivity contribution is 6.31. The monoisotopic (exact) mass is 441 g/mol. The van der Waals surface area contributed by atoms with Crippen LogP contribution < -0.4 is 14.4 Å². The van der Waals surface area contributed by atoms with Crippen molar-refractivity contribution in [3.05, 3.63) is 52.7 Å². The highest BCUT2D eigenvalue weighted by Crippen LogP contribution is 2.36. The predicted molar refractivity (Wildman–Crippen MR) is 121 cm³/mol. The van der Waals surface area contributed by atoms with E-state index in [1.165, 1.54) is 6.07 Å². The Morgan fingerprint density at radius 1 is 1.10 bits per heavy atom. The zero-order valence-corrected chi connectivity index (χ0v) is 18.2. The highest BCUT2D eigenvalue weighted by atomic mass is 35.5. The number of aromatic nitrogens is 1. The fourth-order valence-corrected chi connectivity index (χ4v) is 4.26. The van der Waals surface area contributed by atoms with E-state index >= 15 is 0 Å². The number of nitrogens with zero attached hydrogens (tertiary/aromatic N) is 3. The molecule has 0 amide bonds. The summed E-state index contributed by atoms with van der Waals surface area (Å²) in [6.45, 7) is 3.77. The standard InChI is InChI=1S/C23H24ClN3O4/c1-30-21-11-18-19(12-22(21)31-2)25-4-3-20(18)27-7-5-26(6-8-27)13-15-9-17(24)10-16(14-28)23(15)29/h3-4,9-12,14,29H,5-8,13H2,1-2H3. The summed E-state index contributed by atoms with van der Waals surface area (Å²) in [6.07, 6.45) is 2.43. The van der Waals surface area contributed by atoms with Gasteiger partial charge in [-0.3, -0.25) is 14.7 Å². The number of anilines is 1. The third-order valence-corrected chi connectivity index (χ3v) is 5.86. The molecule has 0 saturated carbocycles. The quantitative estimate of drug-likeness (QED) is 0.584. The molecule has 0 unspecified atom stereocenters. The number of aromatic hydroxyl groups is 1. The van der Waals surface area contributed by atoms with Crippen LogP contribution in [0.1, 0.15) is 15.9 Å². The summed E-state index contributed by atoms with van der Waals surface area (Å²) in [7, 11) is 3.24. The lowest BCUT2D eigenvalue weighted by Gasteiger charge is -2.36. The molecule has 1 N–H and O–H groups in total. The van der Waals surface area contributed by atoms with Crippen LogP contribution in [0.3, 0.4) is 0 Å². The number of hydrogen-bond acceptors (Lipinski definition) is 7. The van der Waals surface area contributed by atoms with Crippen LogP contribution >= 0.6 is 11.6 Å². The maximum absolute atomic E-state index is 11.2. The molecule has 4 rings (SSSR count). The van der Waals surface area contributed by atoms with Gasteiger partial charge in [-0.25, -0.2) is 0 Å². The van der Waals surface area contributed by atoms with Crippen LogP contribution in [-0.4, -0.2) is 61.7 Å². The van der Waals surface area contributed by atoms with Crippen LogP contribution in [-0.2, 0) is 6.54 Å². The first-order valence-electron chi connectivity index (χ1n) is 9.98. The summed E-state index contributed by atoms with van der Waals surface area (Å²) in [5, 5.41) is 11.8. The Hall–Kier alpha value is -3.03. The molecule has 1 aliphatic rings. The molecule has 2 heterocycles. The number of carbonyl (C=O) groups is 1. The average Bonchev–Trinajstić information content (AvgIpc) is 2.80. The largest absolute Gasteiger partial charge is 0.507 e. The fourth-order valence-electron chi connectivity index (χ4n) is 4.01. The fraction of sp³-hybridized carbons (Fsp3) is 0.304. The number of rotatable bonds is 6. The Morgan fingerprint density at radius 3 is 2.48 bits per heavy atom. The van der Waals surface area contributed by atoms with Gasteiger partial charge in [-0.15, -0.1) is 0 Å². The number of benzene rings is 2. The number of halogens is 1. The Morgan fingerprint density at radius 2 is 1.81 bits per heavy atom. The van der Waals surface area contributed by atoms with Crippen molar-refractivity contribution in [2.45, 2.75) is 6.54 Å². The van der Waals surface area contributed by atoms with Crippen LogP contribution in [0, 0.1) is 0 Å². The second kappa shape index (κ2) is 8.99. The number of piperazine rings is 1. The van der Waals surface area contributed by atoms with Crippen LogP contribution in [0.2, 0.25) is 5.02 Å². The van der Waals surface area contributed by atoms with Crippen molar-refractivity contribution in [1.82, 2.24) is 9.88 Å². The molecule has 0 radical (unpaired) electrons. The van der Waals surface area contributed by atoms with E-state index in [0.717, 1.165) is 42.8 Å². The molecule has 3 aromatic rings. The van der Waals surface area contributed by atoms with Gasteiger partial charge in [0.1, 0.15) is 5.75 Å². The maximum Gasteiger partial charge on any atom is 0.162 e. The number of ether oxygens (including phenoxy) is 2. The Kier molecular flexibility index (Phi) is 6.15. The van der Waals surface area contributed by atoms with Crippen molar-refractivity contribution >= 4 is 34.5 Å². The van der Waals surface area contributed by atoms with Crippen molar-refractivity contribution < 1.29 is 19.4 Å². The van der Waals surface area contributed by atoms with Crippen molar-refractivity contribution in [3.8, 4) is 17.2 Å². The molecule has 1 aliphatic heterocycles. The number of phenols is 1. The summed E-state index contributed by atoms with van der Waals surface area (Å²) in [5.41, 5.74) is 2.82. The van der Waals surface area contributed by atoms with Gasteiger partial charge in [-0.05, 0) is 24.3 Å². The minimum atomic E-state index is 0.00278. The van der Waals surface area contributed by atoms with Crippen LogP contribution in [0.15, 0.2) is 36.5 Å². The van der Waals surface area contributed by atoms with E-state index in [1.54, 1.807) is 26.5 Å². The van der Waals surface area contributed by atoms with E-state index in [9.17, 15) is 9.90 Å². The average molecular weight is 442 g/mol. The zero-order valence-electron chi connectivity index (χ0n) is 17.5. The molecule has 1 saturated heterocycles. The molecular formula is C23H24ClN3O4. The second-order valence-corrected chi connectivity index (χ2v) is 7.87. The first kappa shape index (κ1) is 21.2. The first-order chi connectivity index (χ1) is 15.0. The second-order valence-electron chi connectivity index (χ2n) is 7.44. The minimum absolute atomic E-state index is 0.00278. The third kappa shape index (κ3) is 4.24. The zero-order chi connectivity index (χ0) is 22.0. The Balaban J connectivity index is 1.52. The minimum Gasteiger partial charge on any atom is -0.507 e. The van der Waals surface area contributed by atoms with Gasteiger partial charge in [0.15, 0.2) is 17.8 Å². The number of phenolic OH excluding ortho intramolecular Hbond substituents is 1. The molecule has 1 fully saturated rings. The van der Waals surface area contributed by atoms with Gasteiger partial charge in [0, 0.05) is 66.6 Å². The summed E-state index contributed by atoms with van der Waals surface area (Å²) < 4.78 is 10.9. The molecule has 0 bridgehead atoms. The van der Waals surface area contributed by atoms with Crippen molar-refractivity contribution in [3.63, 3.8) is 0 Å². The van der Waals surface area contributed by atoms with E-state index in [0.29, 0.717) is 34.9 Å². The lowest BCUT2D eigenvalue weighted by atomic mass is 10.1. The van der Waals surface area contributed by atoms with Gasteiger partial charge in [-0.1, -0.05) is 11.6 Å². The Labute approximate surface area is 185 Å². The summed E-state index contributed by atoms with van der Waals surface area (Å²) in [4.78, 5) is 20.2. The number of carbonyl (C=O) groups excluding carboxylic acids is 1. The molecule has 0 aliphatic carbocycles. The van der Waals surface area contributed by atoms with Crippen LogP contribution in [0.5, 0.6) is 17.2 Å². The van der Waals surface area contributed by atoms with Crippen LogP contribution in [0.25, 0.3) is 10.9 Å². The molecule has 162 valence electrons. The molecule has 1 aromatic heterocycles. The molecule has 7 nitrogen and oxygen atoms in total. The maximum atomic E-state index is 11.2. The molecule has 31 heavy (non-hydrogen) atoms. The smallest absolute Gasteiger partial charge is 0.162 e. The normalized spacial score (nSPS) is 14.6. The number of fused-ring (bicyclic) bond motifs is 1. The van der Waals surface area contributed by atoms with E-state index in [1.807, 2.05) is 18.2 Å². The van der Waals surface area contributed by atoms with Gasteiger partial charge in [0.25, 0.3) is 0 Å². The summed E-state index contributed by atoms with van der Waals surface area (Å²) >= 11 is 6.10. The molecule has 2 aromatic carbocycles. The molecule has 8 heteroatoms. The highest BCUT2D eigenvalue weighted by Gasteiger charge is 2.21. The van der Waals surface area contributed by atoms with Crippen molar-refractivity contribution in [1.29, 1.82) is 0 Å². The molecule has 0 spiro atoms. The SMILES string of the molecule is COc1cc2nccc(N3CCN(Cc4cc(Cl)cc(C=O)c4O)CC3)c2cc1OC. The van der Waals surface area contributed by atoms with Gasteiger partial charge in [0.2, 0.25) is 0 Å². The van der Waals surface area contributed by atoms with E-state index in [2.05, 4.69) is 14.8 Å². The van der Waals surface area contributed by atoms with E-state index < -0.39 is 0 Å². The predicted octanol–water partition coefficient (Wildman–Crippen LogP) is 3.75. The van der Waals surface area contributed by atoms with Gasteiger partial charge >= 0.3 is 0 Å². The lowest BCUT2D eigenvalue weighted by molar-refractivity contribution is 0.112. The van der Waals surface area contributed by atoms with Gasteiger partial charge < -0.3 is 19.5 Å². The molecular weight excluding hydrogens is 418 g/mol. The van der Waals surface area contributed by atoms with Crippen molar-refractivity contribution in [2.75, 3.05) is 45.3 Å². The van der Waals surface area contributed by atoms with Crippen LogP contribution in [0.4, 0.5) is 5.69 Å². The van der Waals surface area contributed by atoms with Gasteiger partial charge in [0.05, 0.1) is 25.3 Å². The number of hydrogen-bond donors (Lipinski definition) is 1. The van der Waals surface area contributed by atoms with E-state index in [4.69, 9.17) is 21.1 Å². The number of aldehydes is 1. The summed E-state index contributed by atoms with van der Waals surface area (Å²) in [6, 6.07) is 9.06. The number of methoxy groups -OCH3 is 2. The molecule has 0 atom stereocenters. The summed E-state index contributed by atoms with van der Waals surface area (Å²) in [5.74, 6) is 1.33. The lowest BCUT2D eigenvalue weighted by Crippen LogP contribution is -2.46. The Bertz CT molecular complexity index is 1110.